The number of H-pyrrole nitrogens is 1. The van der Waals surface area contributed by atoms with Crippen molar-refractivity contribution in [3.05, 3.63) is 29.9 Å². The fourth-order valence-corrected chi connectivity index (χ4v) is 4.50. The number of hydrogen-bond donors (Lipinski definition) is 2. The van der Waals surface area contributed by atoms with Crippen LogP contribution in [0.4, 0.5) is 0 Å². The molecule has 0 aromatic carbocycles. The SMILES string of the molecule is O=C(O)[C@H]1[C@@H]2C=C[C@@]3(O2)[C@H]1C(=O)N1CCc2[nH]cnc2[C@@H]13. The van der Waals surface area contributed by atoms with Gasteiger partial charge in [-0.2, -0.15) is 0 Å². The molecule has 5 rings (SSSR count). The van der Waals surface area contributed by atoms with Crippen molar-refractivity contribution in [2.24, 2.45) is 11.8 Å². The van der Waals surface area contributed by atoms with Crippen LogP contribution < -0.4 is 0 Å². The smallest absolute Gasteiger partial charge is 0.310 e. The number of carboxylic acid groups (broad SMARTS) is 1. The van der Waals surface area contributed by atoms with Gasteiger partial charge in [-0.25, -0.2) is 4.98 Å². The van der Waals surface area contributed by atoms with Gasteiger partial charge in [0.25, 0.3) is 0 Å². The van der Waals surface area contributed by atoms with Crippen LogP contribution in [0.3, 0.4) is 0 Å². The van der Waals surface area contributed by atoms with E-state index >= 15 is 0 Å². The lowest BCUT2D eigenvalue weighted by atomic mass is 9.74. The first-order valence-electron chi connectivity index (χ1n) is 7.06. The number of aromatic amines is 1. The summed E-state index contributed by atoms with van der Waals surface area (Å²) in [5, 5.41) is 9.48. The number of aromatic nitrogens is 2. The van der Waals surface area contributed by atoms with E-state index in [9.17, 15) is 14.7 Å². The van der Waals surface area contributed by atoms with Gasteiger partial charge in [0.15, 0.2) is 0 Å². The fourth-order valence-electron chi connectivity index (χ4n) is 4.50. The zero-order chi connectivity index (χ0) is 14.4. The number of ether oxygens (including phenoxy) is 1. The van der Waals surface area contributed by atoms with Gasteiger partial charge in [0, 0.05) is 18.7 Å². The van der Waals surface area contributed by atoms with Crippen molar-refractivity contribution >= 4 is 11.9 Å². The van der Waals surface area contributed by atoms with E-state index in [1.807, 2.05) is 6.08 Å². The Kier molecular flexibility index (Phi) is 1.84. The first-order valence-corrected chi connectivity index (χ1v) is 7.06. The van der Waals surface area contributed by atoms with Gasteiger partial charge >= 0.3 is 5.97 Å². The molecule has 2 fully saturated rings. The summed E-state index contributed by atoms with van der Waals surface area (Å²) in [6.45, 7) is 0.575. The Morgan fingerprint density at radius 2 is 2.43 bits per heavy atom. The molecule has 5 heterocycles. The number of carbonyl (C=O) groups excluding carboxylic acids is 1. The van der Waals surface area contributed by atoms with Crippen LogP contribution >= 0.6 is 0 Å². The third-order valence-corrected chi connectivity index (χ3v) is 5.27. The molecule has 1 aromatic heterocycles. The Labute approximate surface area is 119 Å². The van der Waals surface area contributed by atoms with Gasteiger partial charge in [-0.05, 0) is 0 Å². The molecule has 1 spiro atoms. The standard InChI is InChI=1S/C14H13N3O4/c18-12-9-8(13(19)20)7-1-3-14(9,21-7)11-10-6(15-5-16-10)2-4-17(11)12/h1,3,5,7-9,11H,2,4H2,(H,15,16)(H,19,20)/t7-,8-,9+,11+,14+/m0/s1. The first kappa shape index (κ1) is 11.5. The number of carbonyl (C=O) groups is 2. The molecule has 1 amide bonds. The molecule has 21 heavy (non-hydrogen) atoms. The van der Waals surface area contributed by atoms with Crippen LogP contribution in [0.2, 0.25) is 0 Å². The molecule has 7 nitrogen and oxygen atoms in total. The minimum absolute atomic E-state index is 0.118. The molecule has 2 saturated heterocycles. The highest BCUT2D eigenvalue weighted by molar-refractivity contribution is 5.91. The lowest BCUT2D eigenvalue weighted by Crippen LogP contribution is -2.41. The second-order valence-corrected chi connectivity index (χ2v) is 6.09. The van der Waals surface area contributed by atoms with Crippen LogP contribution in [-0.2, 0) is 20.7 Å². The molecular formula is C14H13N3O4. The van der Waals surface area contributed by atoms with Crippen LogP contribution in [0, 0.1) is 11.8 Å². The largest absolute Gasteiger partial charge is 0.481 e. The molecule has 4 aliphatic rings. The number of carboxylic acids is 1. The number of amides is 1. The first-order chi connectivity index (χ1) is 10.1. The molecule has 108 valence electrons. The van der Waals surface area contributed by atoms with Crippen LogP contribution in [0.15, 0.2) is 18.5 Å². The molecule has 0 unspecified atom stereocenters. The summed E-state index contributed by atoms with van der Waals surface area (Å²) in [7, 11) is 0. The van der Waals surface area contributed by atoms with Crippen molar-refractivity contribution in [1.82, 2.24) is 14.9 Å². The van der Waals surface area contributed by atoms with E-state index < -0.39 is 29.5 Å². The summed E-state index contributed by atoms with van der Waals surface area (Å²) in [4.78, 5) is 33.6. The topological polar surface area (TPSA) is 95.5 Å². The molecular weight excluding hydrogens is 274 g/mol. The number of nitrogens with one attached hydrogen (secondary N) is 1. The molecule has 2 bridgehead atoms. The summed E-state index contributed by atoms with van der Waals surface area (Å²) < 4.78 is 6.02. The maximum Gasteiger partial charge on any atom is 0.310 e. The molecule has 5 atom stereocenters. The van der Waals surface area contributed by atoms with Gasteiger partial charge < -0.3 is 19.7 Å². The summed E-state index contributed by atoms with van der Waals surface area (Å²) in [6, 6.07) is -0.310. The Morgan fingerprint density at radius 1 is 1.57 bits per heavy atom. The molecule has 0 radical (unpaired) electrons. The average molecular weight is 287 g/mol. The van der Waals surface area contributed by atoms with Gasteiger partial charge in [0.2, 0.25) is 5.91 Å². The quantitative estimate of drug-likeness (QED) is 0.702. The Balaban J connectivity index is 1.72. The third-order valence-electron chi connectivity index (χ3n) is 5.27. The van der Waals surface area contributed by atoms with E-state index in [-0.39, 0.29) is 11.9 Å². The lowest BCUT2D eigenvalue weighted by Gasteiger charge is -2.35. The van der Waals surface area contributed by atoms with Crippen LogP contribution in [-0.4, -0.2) is 50.1 Å². The monoisotopic (exact) mass is 287 g/mol. The number of fused-ring (bicyclic) bond motifs is 4. The Morgan fingerprint density at radius 3 is 3.24 bits per heavy atom. The van der Waals surface area contributed by atoms with E-state index in [0.29, 0.717) is 13.0 Å². The lowest BCUT2D eigenvalue weighted by molar-refractivity contribution is -0.148. The second kappa shape index (κ2) is 3.36. The molecule has 2 N–H and O–H groups in total. The van der Waals surface area contributed by atoms with Crippen molar-refractivity contribution in [3.63, 3.8) is 0 Å². The minimum atomic E-state index is -0.966. The van der Waals surface area contributed by atoms with E-state index in [2.05, 4.69) is 9.97 Å². The van der Waals surface area contributed by atoms with Crippen molar-refractivity contribution in [2.75, 3.05) is 6.54 Å². The van der Waals surface area contributed by atoms with E-state index in [4.69, 9.17) is 4.74 Å². The van der Waals surface area contributed by atoms with E-state index in [1.165, 1.54) is 0 Å². The highest BCUT2D eigenvalue weighted by Crippen LogP contribution is 2.60. The number of rotatable bonds is 1. The van der Waals surface area contributed by atoms with Crippen LogP contribution in [0.5, 0.6) is 0 Å². The molecule has 1 aromatic rings. The Bertz CT molecular complexity index is 711. The van der Waals surface area contributed by atoms with E-state index in [1.54, 1.807) is 17.3 Å². The summed E-state index contributed by atoms with van der Waals surface area (Å²) in [5.41, 5.74) is 0.960. The second-order valence-electron chi connectivity index (χ2n) is 6.09. The Hall–Kier alpha value is -2.15. The maximum atomic E-state index is 12.8. The number of imidazole rings is 1. The summed E-state index contributed by atoms with van der Waals surface area (Å²) in [6.07, 6.45) is 5.50. The van der Waals surface area contributed by atoms with Crippen molar-refractivity contribution in [1.29, 1.82) is 0 Å². The van der Waals surface area contributed by atoms with Crippen LogP contribution in [0.1, 0.15) is 17.4 Å². The predicted molar refractivity (Wildman–Crippen MR) is 68.1 cm³/mol. The molecule has 0 saturated carbocycles. The zero-order valence-corrected chi connectivity index (χ0v) is 11.0. The average Bonchev–Trinajstić information content (AvgIpc) is 3.19. The highest BCUT2D eigenvalue weighted by atomic mass is 16.5. The van der Waals surface area contributed by atoms with Gasteiger partial charge in [-0.3, -0.25) is 9.59 Å². The number of hydrogen-bond acceptors (Lipinski definition) is 4. The highest BCUT2D eigenvalue weighted by Gasteiger charge is 2.72. The van der Waals surface area contributed by atoms with Crippen molar-refractivity contribution in [3.8, 4) is 0 Å². The van der Waals surface area contributed by atoms with Gasteiger partial charge in [-0.1, -0.05) is 12.2 Å². The van der Waals surface area contributed by atoms with Crippen molar-refractivity contribution in [2.45, 2.75) is 24.2 Å². The van der Waals surface area contributed by atoms with Crippen LogP contribution in [0.25, 0.3) is 0 Å². The summed E-state index contributed by atoms with van der Waals surface area (Å²) >= 11 is 0. The predicted octanol–water partition coefficient (Wildman–Crippen LogP) is -0.127. The molecule has 0 aliphatic carbocycles. The normalized spacial score (nSPS) is 42.1. The third kappa shape index (κ3) is 1.10. The minimum Gasteiger partial charge on any atom is -0.481 e. The number of nitrogens with zero attached hydrogens (tertiary/aromatic N) is 2. The van der Waals surface area contributed by atoms with Crippen molar-refractivity contribution < 1.29 is 19.4 Å². The molecule has 4 aliphatic heterocycles. The van der Waals surface area contributed by atoms with E-state index in [0.717, 1.165) is 11.4 Å². The summed E-state index contributed by atoms with van der Waals surface area (Å²) in [5.74, 6) is -2.52. The van der Waals surface area contributed by atoms with Gasteiger partial charge in [-0.15, -0.1) is 0 Å². The molecule has 7 heteroatoms. The zero-order valence-electron chi connectivity index (χ0n) is 11.0. The van der Waals surface area contributed by atoms with Gasteiger partial charge in [0.05, 0.1) is 24.0 Å². The fraction of sp³-hybridized carbons (Fsp3) is 0.500. The number of aliphatic carboxylic acids is 1. The van der Waals surface area contributed by atoms with Gasteiger partial charge in [0.1, 0.15) is 17.6 Å². The maximum absolute atomic E-state index is 12.8.